The second kappa shape index (κ2) is 7.03. The Morgan fingerprint density at radius 3 is 2.79 bits per heavy atom. The van der Waals surface area contributed by atoms with Crippen molar-refractivity contribution >= 4 is 45.0 Å². The van der Waals surface area contributed by atoms with Gasteiger partial charge < -0.3 is 5.32 Å². The van der Waals surface area contributed by atoms with Crippen LogP contribution in [-0.2, 0) is 4.79 Å². The van der Waals surface area contributed by atoms with Crippen LogP contribution in [0.3, 0.4) is 0 Å². The van der Waals surface area contributed by atoms with E-state index in [0.717, 1.165) is 15.0 Å². The lowest BCUT2D eigenvalue weighted by atomic mass is 10.2. The average Bonchev–Trinajstić information content (AvgIpc) is 3.02. The van der Waals surface area contributed by atoms with Gasteiger partial charge in [-0.1, -0.05) is 6.07 Å². The minimum Gasteiger partial charge on any atom is -0.321 e. The van der Waals surface area contributed by atoms with E-state index in [2.05, 4.69) is 10.3 Å². The molecule has 0 aliphatic carbocycles. The fourth-order valence-corrected chi connectivity index (χ4v) is 3.06. The molecule has 0 aliphatic heterocycles. The molecule has 7 heteroatoms. The topological polar surface area (TPSA) is 91.3 Å². The van der Waals surface area contributed by atoms with Crippen LogP contribution in [0.15, 0.2) is 54.7 Å². The second-order valence-corrected chi connectivity index (χ2v) is 6.00. The standard InChI is InChI=1S/C17H13N3O3S/c21-16(20-23)7-5-13-10-11-9-12(4-6-15(11)24-13)19-17(22)14-3-1-2-8-18-14/h1-10,23H,(H,19,22)(H,20,21)/b7-5+. The molecule has 0 saturated carbocycles. The van der Waals surface area contributed by atoms with E-state index in [4.69, 9.17) is 5.21 Å². The number of rotatable bonds is 4. The molecule has 2 heterocycles. The Bertz CT molecular complexity index is 919. The van der Waals surface area contributed by atoms with Crippen LogP contribution in [-0.4, -0.2) is 22.0 Å². The zero-order chi connectivity index (χ0) is 16.9. The smallest absolute Gasteiger partial charge is 0.274 e. The summed E-state index contributed by atoms with van der Waals surface area (Å²) >= 11 is 1.50. The Morgan fingerprint density at radius 1 is 1.17 bits per heavy atom. The number of aromatic nitrogens is 1. The van der Waals surface area contributed by atoms with Gasteiger partial charge in [0.1, 0.15) is 5.69 Å². The molecule has 0 atom stereocenters. The average molecular weight is 339 g/mol. The van der Waals surface area contributed by atoms with E-state index in [1.54, 1.807) is 36.0 Å². The normalized spacial score (nSPS) is 10.9. The van der Waals surface area contributed by atoms with Crippen molar-refractivity contribution in [2.24, 2.45) is 0 Å². The van der Waals surface area contributed by atoms with Gasteiger partial charge >= 0.3 is 0 Å². The number of nitrogens with one attached hydrogen (secondary N) is 2. The van der Waals surface area contributed by atoms with Gasteiger partial charge in [0, 0.05) is 27.5 Å². The van der Waals surface area contributed by atoms with Crippen molar-refractivity contribution in [2.45, 2.75) is 0 Å². The molecule has 120 valence electrons. The van der Waals surface area contributed by atoms with Crippen molar-refractivity contribution in [1.82, 2.24) is 10.5 Å². The first-order chi connectivity index (χ1) is 11.7. The molecule has 3 aromatic rings. The largest absolute Gasteiger partial charge is 0.321 e. The summed E-state index contributed by atoms with van der Waals surface area (Å²) in [5, 5.41) is 12.2. The Hall–Kier alpha value is -3.03. The summed E-state index contributed by atoms with van der Waals surface area (Å²) in [5.41, 5.74) is 2.56. The van der Waals surface area contributed by atoms with Crippen molar-refractivity contribution in [2.75, 3.05) is 5.32 Å². The number of hydroxylamine groups is 1. The van der Waals surface area contributed by atoms with Crippen molar-refractivity contribution in [3.05, 3.63) is 65.3 Å². The van der Waals surface area contributed by atoms with E-state index >= 15 is 0 Å². The lowest BCUT2D eigenvalue weighted by Gasteiger charge is -2.04. The molecule has 1 aromatic carbocycles. The van der Waals surface area contributed by atoms with Crippen LogP contribution in [0.2, 0.25) is 0 Å². The highest BCUT2D eigenvalue weighted by molar-refractivity contribution is 7.19. The highest BCUT2D eigenvalue weighted by atomic mass is 32.1. The van der Waals surface area contributed by atoms with Crippen LogP contribution in [0.5, 0.6) is 0 Å². The van der Waals surface area contributed by atoms with E-state index < -0.39 is 5.91 Å². The summed E-state index contributed by atoms with van der Waals surface area (Å²) in [4.78, 5) is 28.0. The zero-order valence-corrected chi connectivity index (χ0v) is 13.2. The van der Waals surface area contributed by atoms with Crippen LogP contribution >= 0.6 is 11.3 Å². The van der Waals surface area contributed by atoms with Gasteiger partial charge in [-0.2, -0.15) is 0 Å². The third-order valence-corrected chi connectivity index (χ3v) is 4.28. The summed E-state index contributed by atoms with van der Waals surface area (Å²) in [6.07, 6.45) is 4.43. The molecule has 0 bridgehead atoms. The van der Waals surface area contributed by atoms with Gasteiger partial charge in [0.05, 0.1) is 0 Å². The van der Waals surface area contributed by atoms with Crippen molar-refractivity contribution < 1.29 is 14.8 Å². The van der Waals surface area contributed by atoms with E-state index in [0.29, 0.717) is 11.4 Å². The maximum atomic E-state index is 12.1. The molecule has 2 amide bonds. The van der Waals surface area contributed by atoms with Crippen LogP contribution in [0.1, 0.15) is 15.4 Å². The van der Waals surface area contributed by atoms with Crippen LogP contribution in [0.4, 0.5) is 5.69 Å². The number of amides is 2. The highest BCUT2D eigenvalue weighted by Gasteiger charge is 2.08. The van der Waals surface area contributed by atoms with Gasteiger partial charge in [0.2, 0.25) is 0 Å². The number of thiophene rings is 1. The number of nitrogens with zero attached hydrogens (tertiary/aromatic N) is 1. The molecule has 0 fully saturated rings. The maximum Gasteiger partial charge on any atom is 0.274 e. The van der Waals surface area contributed by atoms with Gasteiger partial charge in [-0.15, -0.1) is 11.3 Å². The fourth-order valence-electron chi connectivity index (χ4n) is 2.11. The minimum absolute atomic E-state index is 0.273. The molecule has 24 heavy (non-hydrogen) atoms. The molecule has 0 aliphatic rings. The molecular weight excluding hydrogens is 326 g/mol. The summed E-state index contributed by atoms with van der Waals surface area (Å²) in [7, 11) is 0. The van der Waals surface area contributed by atoms with Gasteiger partial charge in [0.15, 0.2) is 0 Å². The Morgan fingerprint density at radius 2 is 2.04 bits per heavy atom. The number of benzene rings is 1. The van der Waals surface area contributed by atoms with E-state index in [1.807, 2.05) is 24.3 Å². The first-order valence-corrected chi connectivity index (χ1v) is 7.85. The van der Waals surface area contributed by atoms with Crippen molar-refractivity contribution in [3.63, 3.8) is 0 Å². The third-order valence-electron chi connectivity index (χ3n) is 3.20. The molecule has 0 spiro atoms. The van der Waals surface area contributed by atoms with Crippen LogP contribution in [0.25, 0.3) is 16.2 Å². The van der Waals surface area contributed by atoms with Gasteiger partial charge in [-0.3, -0.25) is 19.8 Å². The zero-order valence-electron chi connectivity index (χ0n) is 12.4. The second-order valence-electron chi connectivity index (χ2n) is 4.88. The Labute approximate surface area is 141 Å². The molecular formula is C17H13N3O3S. The van der Waals surface area contributed by atoms with E-state index in [-0.39, 0.29) is 5.91 Å². The minimum atomic E-state index is -0.587. The van der Waals surface area contributed by atoms with Gasteiger partial charge in [-0.05, 0) is 47.9 Å². The molecule has 3 N–H and O–H groups in total. The SMILES string of the molecule is O=C(/C=C/c1cc2cc(NC(=O)c3ccccn3)ccc2s1)NO. The number of hydrogen-bond donors (Lipinski definition) is 3. The molecule has 3 rings (SSSR count). The highest BCUT2D eigenvalue weighted by Crippen LogP contribution is 2.29. The predicted octanol–water partition coefficient (Wildman–Crippen LogP) is 3.07. The molecule has 0 radical (unpaired) electrons. The molecule has 6 nitrogen and oxygen atoms in total. The molecule has 0 unspecified atom stereocenters. The quantitative estimate of drug-likeness (QED) is 0.387. The summed E-state index contributed by atoms with van der Waals surface area (Å²) in [5.74, 6) is -0.860. The lowest BCUT2D eigenvalue weighted by molar-refractivity contribution is -0.124. The molecule has 0 saturated heterocycles. The van der Waals surface area contributed by atoms with Gasteiger partial charge in [-0.25, -0.2) is 5.48 Å². The summed E-state index contributed by atoms with van der Waals surface area (Å²) in [6.45, 7) is 0. The third kappa shape index (κ3) is 3.65. The predicted molar refractivity (Wildman–Crippen MR) is 93.0 cm³/mol. The van der Waals surface area contributed by atoms with Crippen molar-refractivity contribution in [3.8, 4) is 0 Å². The van der Waals surface area contributed by atoms with Crippen LogP contribution in [0, 0.1) is 0 Å². The fraction of sp³-hybridized carbons (Fsp3) is 0. The van der Waals surface area contributed by atoms with E-state index in [9.17, 15) is 9.59 Å². The number of anilines is 1. The Kier molecular flexibility index (Phi) is 4.64. The molecule has 2 aromatic heterocycles. The maximum absolute atomic E-state index is 12.1. The first-order valence-electron chi connectivity index (χ1n) is 7.04. The summed E-state index contributed by atoms with van der Waals surface area (Å²) < 4.78 is 1.02. The number of fused-ring (bicyclic) bond motifs is 1. The number of pyridine rings is 1. The number of carbonyl (C=O) groups excluding carboxylic acids is 2. The number of hydrogen-bond acceptors (Lipinski definition) is 5. The van der Waals surface area contributed by atoms with Crippen molar-refractivity contribution in [1.29, 1.82) is 0 Å². The lowest BCUT2D eigenvalue weighted by Crippen LogP contribution is -2.14. The Balaban J connectivity index is 1.80. The first kappa shape index (κ1) is 15.9. The summed E-state index contributed by atoms with van der Waals surface area (Å²) in [6, 6.07) is 12.6. The monoisotopic (exact) mass is 339 g/mol. The van der Waals surface area contributed by atoms with E-state index in [1.165, 1.54) is 17.4 Å². The van der Waals surface area contributed by atoms with Crippen LogP contribution < -0.4 is 10.8 Å². The van der Waals surface area contributed by atoms with Gasteiger partial charge in [0.25, 0.3) is 11.8 Å². The number of carbonyl (C=O) groups is 2.